The Bertz CT molecular complexity index is 797. The molecule has 0 saturated heterocycles. The summed E-state index contributed by atoms with van der Waals surface area (Å²) in [4.78, 5) is 15.4. The Hall–Kier alpha value is -2.56. The lowest BCUT2D eigenvalue weighted by Gasteiger charge is -2.06. The van der Waals surface area contributed by atoms with Gasteiger partial charge in [-0.1, -0.05) is 6.07 Å². The molecule has 20 heavy (non-hydrogen) atoms. The van der Waals surface area contributed by atoms with E-state index in [0.717, 1.165) is 28.0 Å². The van der Waals surface area contributed by atoms with Crippen LogP contribution < -0.4 is 5.32 Å². The fraction of sp³-hybridized carbons (Fsp3) is 0.200. The fourth-order valence-corrected chi connectivity index (χ4v) is 2.33. The maximum absolute atomic E-state index is 12.3. The minimum atomic E-state index is -0.124. The fourth-order valence-electron chi connectivity index (χ4n) is 2.33. The van der Waals surface area contributed by atoms with Crippen LogP contribution in [0.4, 0.5) is 5.69 Å². The van der Waals surface area contributed by atoms with Crippen LogP contribution in [0.5, 0.6) is 0 Å². The summed E-state index contributed by atoms with van der Waals surface area (Å²) in [7, 11) is 1.86. The van der Waals surface area contributed by atoms with Crippen LogP contribution in [0.15, 0.2) is 30.5 Å². The van der Waals surface area contributed by atoms with Crippen molar-refractivity contribution in [1.82, 2.24) is 14.8 Å². The molecule has 1 amide bonds. The molecule has 0 aliphatic heterocycles. The van der Waals surface area contributed by atoms with E-state index < -0.39 is 0 Å². The van der Waals surface area contributed by atoms with Gasteiger partial charge >= 0.3 is 0 Å². The summed E-state index contributed by atoms with van der Waals surface area (Å²) in [5.41, 5.74) is 4.13. The first-order valence-electron chi connectivity index (χ1n) is 6.45. The van der Waals surface area contributed by atoms with E-state index >= 15 is 0 Å². The molecule has 1 aromatic carbocycles. The summed E-state index contributed by atoms with van der Waals surface area (Å²) >= 11 is 0. The van der Waals surface area contributed by atoms with Gasteiger partial charge in [0.1, 0.15) is 0 Å². The van der Waals surface area contributed by atoms with Crippen LogP contribution in [0, 0.1) is 13.8 Å². The maximum atomic E-state index is 12.3. The quantitative estimate of drug-likeness (QED) is 0.750. The average Bonchev–Trinajstić information content (AvgIpc) is 2.98. The molecule has 0 fully saturated rings. The second-order valence-electron chi connectivity index (χ2n) is 4.90. The zero-order valence-electron chi connectivity index (χ0n) is 11.7. The number of nitrogens with zero attached hydrogens (tertiary/aromatic N) is 2. The minimum Gasteiger partial charge on any atom is -0.361 e. The monoisotopic (exact) mass is 268 g/mol. The highest BCUT2D eigenvalue weighted by Crippen LogP contribution is 2.20. The molecule has 102 valence electrons. The average molecular weight is 268 g/mol. The highest BCUT2D eigenvalue weighted by atomic mass is 16.1. The van der Waals surface area contributed by atoms with Crippen LogP contribution in [0.2, 0.25) is 0 Å². The normalized spacial score (nSPS) is 10.9. The van der Waals surface area contributed by atoms with Crippen LogP contribution in [0.3, 0.4) is 0 Å². The second-order valence-corrected chi connectivity index (χ2v) is 4.90. The summed E-state index contributed by atoms with van der Waals surface area (Å²) in [6.07, 6.45) is 1.86. The number of fused-ring (bicyclic) bond motifs is 1. The number of nitrogens with one attached hydrogen (secondary N) is 2. The number of carbonyl (C=O) groups excluding carboxylic acids is 1. The number of anilines is 1. The molecule has 2 heterocycles. The van der Waals surface area contributed by atoms with E-state index in [-0.39, 0.29) is 5.91 Å². The number of rotatable bonds is 2. The van der Waals surface area contributed by atoms with Gasteiger partial charge in [0, 0.05) is 24.3 Å². The molecular weight excluding hydrogens is 252 g/mol. The molecule has 3 aromatic rings. The molecule has 2 N–H and O–H groups in total. The van der Waals surface area contributed by atoms with Gasteiger partial charge in [0.2, 0.25) is 0 Å². The number of benzene rings is 1. The Labute approximate surface area is 116 Å². The number of H-pyrrole nitrogens is 1. The van der Waals surface area contributed by atoms with Crippen molar-refractivity contribution in [3.05, 3.63) is 47.4 Å². The molecule has 0 bridgehead atoms. The first-order chi connectivity index (χ1) is 9.56. The molecule has 0 aliphatic rings. The Kier molecular flexibility index (Phi) is 2.82. The Morgan fingerprint density at radius 2 is 2.10 bits per heavy atom. The van der Waals surface area contributed by atoms with Crippen molar-refractivity contribution in [2.75, 3.05) is 5.32 Å². The number of aryl methyl sites for hydroxylation is 2. The van der Waals surface area contributed by atoms with Crippen LogP contribution in [0.25, 0.3) is 10.9 Å². The number of hydrogen-bond donors (Lipinski definition) is 2. The number of aromatic nitrogens is 3. The summed E-state index contributed by atoms with van der Waals surface area (Å²) in [6.45, 7) is 3.82. The smallest absolute Gasteiger partial charge is 0.255 e. The predicted molar refractivity (Wildman–Crippen MR) is 78.9 cm³/mol. The lowest BCUT2D eigenvalue weighted by Crippen LogP contribution is -2.13. The molecule has 0 spiro atoms. The van der Waals surface area contributed by atoms with Gasteiger partial charge in [-0.25, -0.2) is 0 Å². The first-order valence-corrected chi connectivity index (χ1v) is 6.45. The van der Waals surface area contributed by atoms with E-state index in [0.29, 0.717) is 5.56 Å². The number of amides is 1. The third-order valence-corrected chi connectivity index (χ3v) is 3.56. The van der Waals surface area contributed by atoms with Gasteiger partial charge in [0.25, 0.3) is 5.91 Å². The molecule has 5 heteroatoms. The Balaban J connectivity index is 1.92. The third-order valence-electron chi connectivity index (χ3n) is 3.56. The number of aromatic amines is 1. The minimum absolute atomic E-state index is 0.124. The lowest BCUT2D eigenvalue weighted by molar-refractivity contribution is 0.102. The molecule has 3 rings (SSSR count). The molecule has 0 radical (unpaired) electrons. The summed E-state index contributed by atoms with van der Waals surface area (Å²) in [5, 5.41) is 8.32. The van der Waals surface area contributed by atoms with Crippen molar-refractivity contribution < 1.29 is 4.79 Å². The van der Waals surface area contributed by atoms with Crippen molar-refractivity contribution in [1.29, 1.82) is 0 Å². The first kappa shape index (κ1) is 12.5. The largest absolute Gasteiger partial charge is 0.361 e. The summed E-state index contributed by atoms with van der Waals surface area (Å²) in [6, 6.07) is 7.59. The zero-order valence-corrected chi connectivity index (χ0v) is 11.7. The van der Waals surface area contributed by atoms with E-state index in [1.807, 2.05) is 51.4 Å². The highest BCUT2D eigenvalue weighted by Gasteiger charge is 2.14. The van der Waals surface area contributed by atoms with Crippen LogP contribution in [0.1, 0.15) is 21.7 Å². The maximum Gasteiger partial charge on any atom is 0.255 e. The molecule has 0 unspecified atom stereocenters. The van der Waals surface area contributed by atoms with E-state index in [1.54, 1.807) is 4.68 Å². The molecule has 0 atom stereocenters. The van der Waals surface area contributed by atoms with Gasteiger partial charge in [-0.3, -0.25) is 9.48 Å². The zero-order chi connectivity index (χ0) is 14.3. The van der Waals surface area contributed by atoms with Crippen LogP contribution in [-0.4, -0.2) is 20.7 Å². The standard InChI is InChI=1S/C15H16N4O/c1-9-14(10(2)19(3)18-9)17-15(20)12-5-4-11-6-7-16-13(11)8-12/h4-8,16H,1-3H3,(H,17,20). The molecule has 2 aromatic heterocycles. The van der Waals surface area contributed by atoms with Crippen molar-refractivity contribution >= 4 is 22.5 Å². The van der Waals surface area contributed by atoms with Crippen LogP contribution in [-0.2, 0) is 7.05 Å². The van der Waals surface area contributed by atoms with Gasteiger partial charge in [0.15, 0.2) is 0 Å². The van der Waals surface area contributed by atoms with Crippen molar-refractivity contribution in [2.24, 2.45) is 7.05 Å². The van der Waals surface area contributed by atoms with Crippen LogP contribution >= 0.6 is 0 Å². The SMILES string of the molecule is Cc1nn(C)c(C)c1NC(=O)c1ccc2cc[nH]c2c1. The van der Waals surface area contributed by atoms with E-state index in [1.165, 1.54) is 0 Å². The number of carbonyl (C=O) groups is 1. The molecule has 0 saturated carbocycles. The summed E-state index contributed by atoms with van der Waals surface area (Å²) < 4.78 is 1.76. The Morgan fingerprint density at radius 1 is 1.30 bits per heavy atom. The predicted octanol–water partition coefficient (Wildman–Crippen LogP) is 2.77. The van der Waals surface area contributed by atoms with Gasteiger partial charge in [-0.15, -0.1) is 0 Å². The van der Waals surface area contributed by atoms with E-state index in [9.17, 15) is 4.79 Å². The highest BCUT2D eigenvalue weighted by molar-refractivity contribution is 6.06. The van der Waals surface area contributed by atoms with Gasteiger partial charge in [0.05, 0.1) is 17.1 Å². The third kappa shape index (κ3) is 1.97. The molecular formula is C15H16N4O. The molecule has 0 aliphatic carbocycles. The lowest BCUT2D eigenvalue weighted by atomic mass is 10.1. The van der Waals surface area contributed by atoms with Crippen molar-refractivity contribution in [3.8, 4) is 0 Å². The van der Waals surface area contributed by atoms with E-state index in [4.69, 9.17) is 0 Å². The van der Waals surface area contributed by atoms with Crippen molar-refractivity contribution in [3.63, 3.8) is 0 Å². The van der Waals surface area contributed by atoms with Crippen molar-refractivity contribution in [2.45, 2.75) is 13.8 Å². The topological polar surface area (TPSA) is 62.7 Å². The van der Waals surface area contributed by atoms with Gasteiger partial charge in [-0.05, 0) is 37.4 Å². The van der Waals surface area contributed by atoms with Gasteiger partial charge < -0.3 is 10.3 Å². The van der Waals surface area contributed by atoms with Gasteiger partial charge in [-0.2, -0.15) is 5.10 Å². The second kappa shape index (κ2) is 4.52. The van der Waals surface area contributed by atoms with E-state index in [2.05, 4.69) is 15.4 Å². The summed E-state index contributed by atoms with van der Waals surface area (Å²) in [5.74, 6) is -0.124. The Morgan fingerprint density at radius 3 is 2.80 bits per heavy atom. The molecule has 5 nitrogen and oxygen atoms in total. The number of hydrogen-bond acceptors (Lipinski definition) is 2.